The standard InChI is InChI=1S/C29H59N2O8P/c1-7-9-10-11-12-13-14-15-16-17-18-19-20-21-22-23-26(32)30-27(25(3)38-8-2)29(28(33)34,24-31(4,5)6)39-40(35,36)37/h25,27H,7-24H2,1-6H3,(H3-,30,32,33,34,35,36,37). The van der Waals surface area contributed by atoms with Crippen LogP contribution in [-0.2, 0) is 23.4 Å². The van der Waals surface area contributed by atoms with Crippen LogP contribution < -0.4 is 10.2 Å². The van der Waals surface area contributed by atoms with Crippen LogP contribution in [0.3, 0.4) is 0 Å². The van der Waals surface area contributed by atoms with Crippen LogP contribution in [0.25, 0.3) is 0 Å². The maximum Gasteiger partial charge on any atom is 0.344 e. The summed E-state index contributed by atoms with van der Waals surface area (Å²) in [5.74, 6) is -2.03. The molecule has 0 aliphatic carbocycles. The number of phosphoric ester groups is 1. The third-order valence-electron chi connectivity index (χ3n) is 7.07. The summed E-state index contributed by atoms with van der Waals surface area (Å²) in [6.45, 7) is 5.36. The van der Waals surface area contributed by atoms with Gasteiger partial charge in [0.2, 0.25) is 11.5 Å². The van der Waals surface area contributed by atoms with Gasteiger partial charge in [0.1, 0.15) is 12.6 Å². The molecule has 0 aromatic carbocycles. The Hall–Kier alpha value is -1.03. The first-order chi connectivity index (χ1) is 18.7. The number of phosphoric acid groups is 1. The van der Waals surface area contributed by atoms with E-state index >= 15 is 0 Å². The Morgan fingerprint density at radius 2 is 1.30 bits per heavy atom. The van der Waals surface area contributed by atoms with Crippen molar-refractivity contribution >= 4 is 19.7 Å². The molecule has 1 amide bonds. The van der Waals surface area contributed by atoms with Crippen molar-refractivity contribution in [2.24, 2.45) is 0 Å². The molecule has 0 heterocycles. The molecule has 0 aromatic heterocycles. The fourth-order valence-electron chi connectivity index (χ4n) is 5.21. The predicted octanol–water partition coefficient (Wildman–Crippen LogP) is 5.16. The van der Waals surface area contributed by atoms with Gasteiger partial charge in [-0.1, -0.05) is 96.8 Å². The van der Waals surface area contributed by atoms with Crippen LogP contribution in [0.5, 0.6) is 0 Å². The van der Waals surface area contributed by atoms with Gasteiger partial charge in [0.05, 0.1) is 27.2 Å². The average Bonchev–Trinajstić information content (AvgIpc) is 2.82. The fourth-order valence-corrected chi connectivity index (χ4v) is 5.87. The fraction of sp³-hybridized carbons (Fsp3) is 0.931. The number of likely N-dealkylation sites (N-methyl/N-ethyl adjacent to an activating group) is 1. The van der Waals surface area contributed by atoms with Crippen LogP contribution in [0.4, 0.5) is 0 Å². The number of quaternary nitrogens is 1. The van der Waals surface area contributed by atoms with Crippen molar-refractivity contribution in [3.63, 3.8) is 0 Å². The lowest BCUT2D eigenvalue weighted by molar-refractivity contribution is -0.875. The van der Waals surface area contributed by atoms with Crippen molar-refractivity contribution in [2.75, 3.05) is 34.3 Å². The molecule has 11 heteroatoms. The van der Waals surface area contributed by atoms with E-state index in [2.05, 4.69) is 12.2 Å². The van der Waals surface area contributed by atoms with E-state index in [1.807, 2.05) is 0 Å². The van der Waals surface area contributed by atoms with E-state index < -0.39 is 37.4 Å². The molecule has 0 saturated carbocycles. The smallest absolute Gasteiger partial charge is 0.344 e. The van der Waals surface area contributed by atoms with Crippen molar-refractivity contribution in [3.05, 3.63) is 0 Å². The number of carbonyl (C=O) groups is 2. The maximum atomic E-state index is 12.9. The Labute approximate surface area is 243 Å². The van der Waals surface area contributed by atoms with Gasteiger partial charge in [-0.2, -0.15) is 0 Å². The number of hydrogen-bond acceptors (Lipinski definition) is 6. The summed E-state index contributed by atoms with van der Waals surface area (Å²) >= 11 is 0. The second kappa shape index (κ2) is 20.8. The Bertz CT molecular complexity index is 740. The number of carbonyl (C=O) groups excluding carboxylic acids is 1. The number of ether oxygens (including phenoxy) is 1. The first-order valence-corrected chi connectivity index (χ1v) is 16.9. The van der Waals surface area contributed by atoms with Crippen molar-refractivity contribution in [2.45, 2.75) is 141 Å². The van der Waals surface area contributed by atoms with E-state index in [4.69, 9.17) is 9.26 Å². The van der Waals surface area contributed by atoms with Crippen LogP contribution in [0, 0.1) is 0 Å². The highest BCUT2D eigenvalue weighted by Gasteiger charge is 2.56. The molecule has 0 fully saturated rings. The third kappa shape index (κ3) is 18.4. The summed E-state index contributed by atoms with van der Waals surface area (Å²) in [7, 11) is -0.502. The van der Waals surface area contributed by atoms with Gasteiger partial charge in [0.25, 0.3) is 7.82 Å². The molecule has 0 spiro atoms. The van der Waals surface area contributed by atoms with Gasteiger partial charge >= 0.3 is 5.97 Å². The van der Waals surface area contributed by atoms with E-state index in [9.17, 15) is 29.0 Å². The number of nitrogens with zero attached hydrogens (tertiary/aromatic N) is 1. The Morgan fingerprint density at radius 3 is 1.65 bits per heavy atom. The predicted molar refractivity (Wildman–Crippen MR) is 157 cm³/mol. The Kier molecular flexibility index (Phi) is 20.2. The number of unbranched alkanes of at least 4 members (excludes halogenated alkanes) is 14. The highest BCUT2D eigenvalue weighted by Crippen LogP contribution is 2.41. The maximum absolute atomic E-state index is 12.9. The average molecular weight is 595 g/mol. The molecular weight excluding hydrogens is 535 g/mol. The summed E-state index contributed by atoms with van der Waals surface area (Å²) in [4.78, 5) is 46.6. The molecule has 0 bridgehead atoms. The first-order valence-electron chi connectivity index (χ1n) is 15.4. The monoisotopic (exact) mass is 594 g/mol. The minimum absolute atomic E-state index is 0.00341. The second-order valence-electron chi connectivity index (χ2n) is 12.1. The van der Waals surface area contributed by atoms with Gasteiger partial charge in [-0.15, -0.1) is 0 Å². The molecule has 4 unspecified atom stereocenters. The van der Waals surface area contributed by atoms with Gasteiger partial charge < -0.3 is 29.4 Å². The molecule has 0 saturated heterocycles. The topological polar surface area (TPSA) is 145 Å². The molecule has 238 valence electrons. The molecule has 3 N–H and O–H groups in total. The minimum atomic E-state index is -5.48. The highest BCUT2D eigenvalue weighted by molar-refractivity contribution is 7.44. The molecule has 0 radical (unpaired) electrons. The number of carboxylic acid groups (broad SMARTS) is 1. The van der Waals surface area contributed by atoms with Crippen LogP contribution in [0.1, 0.15) is 124 Å². The summed E-state index contributed by atoms with van der Waals surface area (Å²) in [6.07, 6.45) is 17.4. The van der Waals surface area contributed by atoms with Gasteiger partial charge in [-0.3, -0.25) is 13.9 Å². The molecule has 40 heavy (non-hydrogen) atoms. The van der Waals surface area contributed by atoms with Crippen molar-refractivity contribution in [1.29, 1.82) is 0 Å². The van der Waals surface area contributed by atoms with Crippen molar-refractivity contribution < 1.29 is 42.8 Å². The number of nitrogens with one attached hydrogen (secondary N) is 1. The number of aliphatic carboxylic acids is 1. The van der Waals surface area contributed by atoms with E-state index in [0.29, 0.717) is 6.42 Å². The van der Waals surface area contributed by atoms with Crippen LogP contribution in [-0.4, -0.2) is 78.4 Å². The van der Waals surface area contributed by atoms with E-state index in [1.165, 1.54) is 70.6 Å². The number of rotatable bonds is 26. The lowest BCUT2D eigenvalue weighted by atomic mass is 9.88. The first kappa shape index (κ1) is 39.0. The zero-order chi connectivity index (χ0) is 30.7. The lowest BCUT2D eigenvalue weighted by Gasteiger charge is -2.44. The summed E-state index contributed by atoms with van der Waals surface area (Å²) < 4.78 is 22.2. The molecule has 4 atom stereocenters. The normalized spacial score (nSPS) is 16.6. The van der Waals surface area contributed by atoms with Gasteiger partial charge in [-0.05, 0) is 20.3 Å². The van der Waals surface area contributed by atoms with Gasteiger partial charge in [0, 0.05) is 13.0 Å². The zero-order valence-electron chi connectivity index (χ0n) is 26.1. The molecule has 0 aliphatic heterocycles. The van der Waals surface area contributed by atoms with Crippen LogP contribution in [0.2, 0.25) is 0 Å². The molecule has 0 rings (SSSR count). The number of hydrogen-bond donors (Lipinski definition) is 3. The van der Waals surface area contributed by atoms with Gasteiger partial charge in [0.15, 0.2) is 0 Å². The molecular formula is C29H59N2O8P. The minimum Gasteiger partial charge on any atom is -0.756 e. The summed E-state index contributed by atoms with van der Waals surface area (Å²) in [5, 5.41) is 12.8. The number of carboxylic acids is 1. The largest absolute Gasteiger partial charge is 0.756 e. The number of amides is 1. The Morgan fingerprint density at radius 1 is 0.875 bits per heavy atom. The molecule has 10 nitrogen and oxygen atoms in total. The van der Waals surface area contributed by atoms with E-state index in [1.54, 1.807) is 35.0 Å². The zero-order valence-corrected chi connectivity index (χ0v) is 27.0. The molecule has 0 aliphatic rings. The quantitative estimate of drug-likeness (QED) is 0.0707. The summed E-state index contributed by atoms with van der Waals surface area (Å²) in [5.41, 5.74) is -2.47. The highest BCUT2D eigenvalue weighted by atomic mass is 31.2. The van der Waals surface area contributed by atoms with Crippen LogP contribution >= 0.6 is 7.82 Å². The third-order valence-corrected chi connectivity index (χ3v) is 7.63. The lowest BCUT2D eigenvalue weighted by Crippen LogP contribution is -2.69. The van der Waals surface area contributed by atoms with Gasteiger partial charge in [-0.25, -0.2) is 4.79 Å². The SMILES string of the molecule is CCCCCCCCCCCCCCCCCC(=O)NC(C(C)OCC)C(C[N+](C)(C)C)(OP(=O)([O-])O)C(=O)O. The molecule has 0 aromatic rings. The Balaban J connectivity index is 4.74. The summed E-state index contributed by atoms with van der Waals surface area (Å²) in [6, 6.07) is -1.36. The second-order valence-corrected chi connectivity index (χ2v) is 13.2. The van der Waals surface area contributed by atoms with Crippen molar-refractivity contribution in [1.82, 2.24) is 5.32 Å². The van der Waals surface area contributed by atoms with E-state index in [0.717, 1.165) is 19.3 Å². The van der Waals surface area contributed by atoms with E-state index in [-0.39, 0.29) is 24.1 Å². The van der Waals surface area contributed by atoms with Crippen LogP contribution in [0.15, 0.2) is 0 Å². The van der Waals surface area contributed by atoms with Crippen molar-refractivity contribution in [3.8, 4) is 0 Å².